The van der Waals surface area contributed by atoms with Gasteiger partial charge in [-0.05, 0) is 36.1 Å². The number of aliphatic hydroxyl groups excluding tert-OH is 1. The van der Waals surface area contributed by atoms with Crippen LogP contribution in [-0.4, -0.2) is 11.2 Å². The summed E-state index contributed by atoms with van der Waals surface area (Å²) in [6, 6.07) is 4.55. The molecule has 0 aliphatic rings. The zero-order valence-corrected chi connectivity index (χ0v) is 10.6. The van der Waals surface area contributed by atoms with Crippen LogP contribution in [0.3, 0.4) is 0 Å². The zero-order valence-electron chi connectivity index (χ0n) is 9.00. The number of aliphatic hydroxyl groups is 1. The molecule has 0 bridgehead atoms. The lowest BCUT2D eigenvalue weighted by atomic mass is 9.96. The summed E-state index contributed by atoms with van der Waals surface area (Å²) in [5, 5.41) is 9.84. The van der Waals surface area contributed by atoms with Crippen molar-refractivity contribution in [2.24, 2.45) is 5.92 Å². The van der Waals surface area contributed by atoms with E-state index in [1.54, 1.807) is 6.07 Å². The first-order chi connectivity index (χ1) is 7.04. The maximum Gasteiger partial charge on any atom is 0.123 e. The Bertz CT molecular complexity index is 327. The van der Waals surface area contributed by atoms with Crippen molar-refractivity contribution in [3.63, 3.8) is 0 Å². The highest BCUT2D eigenvalue weighted by atomic mass is 79.9. The molecule has 0 heterocycles. The van der Waals surface area contributed by atoms with E-state index in [-0.39, 0.29) is 11.7 Å². The Morgan fingerprint density at radius 3 is 2.73 bits per heavy atom. The molecule has 0 saturated carbocycles. The third-order valence-corrected chi connectivity index (χ3v) is 3.51. The molecule has 1 rings (SSSR count). The van der Waals surface area contributed by atoms with E-state index in [2.05, 4.69) is 15.9 Å². The first kappa shape index (κ1) is 12.7. The van der Waals surface area contributed by atoms with Crippen molar-refractivity contribution in [2.75, 3.05) is 0 Å². The van der Waals surface area contributed by atoms with Gasteiger partial charge in [0.1, 0.15) is 5.82 Å². The van der Waals surface area contributed by atoms with E-state index in [0.717, 1.165) is 16.5 Å². The van der Waals surface area contributed by atoms with Crippen molar-refractivity contribution < 1.29 is 9.50 Å². The summed E-state index contributed by atoms with van der Waals surface area (Å²) in [7, 11) is 0. The fourth-order valence-corrected chi connectivity index (χ4v) is 1.81. The van der Waals surface area contributed by atoms with Crippen molar-refractivity contribution in [1.29, 1.82) is 0 Å². The fraction of sp³-hybridized carbons (Fsp3) is 0.500. The Morgan fingerprint density at radius 2 is 2.13 bits per heavy atom. The van der Waals surface area contributed by atoms with Crippen LogP contribution in [0, 0.1) is 11.7 Å². The lowest BCUT2D eigenvalue weighted by Gasteiger charge is -2.17. The number of rotatable bonds is 4. The van der Waals surface area contributed by atoms with E-state index in [4.69, 9.17) is 0 Å². The highest BCUT2D eigenvalue weighted by Crippen LogP contribution is 2.21. The molecule has 0 aliphatic carbocycles. The van der Waals surface area contributed by atoms with Crippen molar-refractivity contribution in [3.8, 4) is 0 Å². The molecule has 0 spiro atoms. The molecule has 0 aromatic heterocycles. The molecule has 0 aliphatic heterocycles. The van der Waals surface area contributed by atoms with Gasteiger partial charge in [0.25, 0.3) is 0 Å². The second-order valence-corrected chi connectivity index (χ2v) is 4.75. The molecule has 2 atom stereocenters. The van der Waals surface area contributed by atoms with Gasteiger partial charge in [-0.1, -0.05) is 36.2 Å². The largest absolute Gasteiger partial charge is 0.393 e. The molecule has 1 aromatic rings. The number of hydrogen-bond acceptors (Lipinski definition) is 1. The Kier molecular flexibility index (Phi) is 4.74. The van der Waals surface area contributed by atoms with E-state index >= 15 is 0 Å². The van der Waals surface area contributed by atoms with Crippen molar-refractivity contribution in [1.82, 2.24) is 0 Å². The quantitative estimate of drug-likeness (QED) is 0.891. The minimum Gasteiger partial charge on any atom is -0.393 e. The maximum absolute atomic E-state index is 13.0. The summed E-state index contributed by atoms with van der Waals surface area (Å²) in [5.74, 6) is -0.0234. The fourth-order valence-electron chi connectivity index (χ4n) is 1.40. The third-order valence-electron chi connectivity index (χ3n) is 2.74. The molecule has 1 nitrogen and oxygen atoms in total. The van der Waals surface area contributed by atoms with E-state index in [9.17, 15) is 9.50 Å². The Balaban J connectivity index is 2.75. The van der Waals surface area contributed by atoms with Gasteiger partial charge >= 0.3 is 0 Å². The average Bonchev–Trinajstić information content (AvgIpc) is 2.22. The van der Waals surface area contributed by atoms with Crippen LogP contribution in [0.2, 0.25) is 0 Å². The molecule has 0 fully saturated rings. The molecular weight excluding hydrogens is 259 g/mol. The highest BCUT2D eigenvalue weighted by Gasteiger charge is 2.14. The lowest BCUT2D eigenvalue weighted by Crippen LogP contribution is -2.19. The van der Waals surface area contributed by atoms with Gasteiger partial charge in [-0.15, -0.1) is 0 Å². The number of halogens is 2. The van der Waals surface area contributed by atoms with Crippen LogP contribution in [0.5, 0.6) is 0 Å². The van der Waals surface area contributed by atoms with Crippen molar-refractivity contribution in [3.05, 3.63) is 34.1 Å². The van der Waals surface area contributed by atoms with Crippen LogP contribution in [0.25, 0.3) is 0 Å². The molecule has 0 saturated heterocycles. The molecular formula is C12H16BrFO. The van der Waals surface area contributed by atoms with Gasteiger partial charge in [-0.3, -0.25) is 0 Å². The molecule has 0 amide bonds. The number of hydrogen-bond donors (Lipinski definition) is 1. The summed E-state index contributed by atoms with van der Waals surface area (Å²) >= 11 is 3.35. The SMILES string of the molecule is CCC(C)C(O)Cc1cc(F)ccc1Br. The second kappa shape index (κ2) is 5.61. The standard InChI is InChI=1S/C12H16BrFO/c1-3-8(2)12(15)7-9-6-10(14)4-5-11(9)13/h4-6,8,12,15H,3,7H2,1-2H3. The molecule has 3 heteroatoms. The van der Waals surface area contributed by atoms with Crippen LogP contribution >= 0.6 is 15.9 Å². The van der Waals surface area contributed by atoms with Crippen molar-refractivity contribution >= 4 is 15.9 Å². The smallest absolute Gasteiger partial charge is 0.123 e. The maximum atomic E-state index is 13.0. The van der Waals surface area contributed by atoms with Crippen molar-refractivity contribution in [2.45, 2.75) is 32.8 Å². The van der Waals surface area contributed by atoms with Gasteiger partial charge in [0.15, 0.2) is 0 Å². The van der Waals surface area contributed by atoms with Crippen LogP contribution in [0.15, 0.2) is 22.7 Å². The van der Waals surface area contributed by atoms with Gasteiger partial charge in [-0.2, -0.15) is 0 Å². The molecule has 0 radical (unpaired) electrons. The van der Waals surface area contributed by atoms with Gasteiger partial charge in [0, 0.05) is 4.47 Å². The normalized spacial score (nSPS) is 15.0. The van der Waals surface area contributed by atoms with Gasteiger partial charge in [0.05, 0.1) is 6.10 Å². The zero-order chi connectivity index (χ0) is 11.4. The second-order valence-electron chi connectivity index (χ2n) is 3.89. The molecule has 84 valence electrons. The first-order valence-electron chi connectivity index (χ1n) is 5.16. The average molecular weight is 275 g/mol. The molecule has 2 unspecified atom stereocenters. The lowest BCUT2D eigenvalue weighted by molar-refractivity contribution is 0.114. The van der Waals surface area contributed by atoms with Crippen LogP contribution in [-0.2, 0) is 6.42 Å². The van der Waals surface area contributed by atoms with Crippen LogP contribution in [0.4, 0.5) is 4.39 Å². The predicted molar refractivity (Wildman–Crippen MR) is 63.3 cm³/mol. The number of benzene rings is 1. The predicted octanol–water partition coefficient (Wildman–Crippen LogP) is 3.54. The Labute approximate surface area is 98.4 Å². The van der Waals surface area contributed by atoms with E-state index in [1.807, 2.05) is 13.8 Å². The minimum atomic E-state index is -0.409. The summed E-state index contributed by atoms with van der Waals surface area (Å²) in [4.78, 5) is 0. The highest BCUT2D eigenvalue weighted by molar-refractivity contribution is 9.10. The van der Waals surface area contributed by atoms with Crippen LogP contribution in [0.1, 0.15) is 25.8 Å². The van der Waals surface area contributed by atoms with Gasteiger partial charge in [0.2, 0.25) is 0 Å². The van der Waals surface area contributed by atoms with E-state index in [0.29, 0.717) is 6.42 Å². The van der Waals surface area contributed by atoms with E-state index in [1.165, 1.54) is 12.1 Å². The molecule has 15 heavy (non-hydrogen) atoms. The molecule has 1 aromatic carbocycles. The Hall–Kier alpha value is -0.410. The topological polar surface area (TPSA) is 20.2 Å². The van der Waals surface area contributed by atoms with Crippen LogP contribution < -0.4 is 0 Å². The van der Waals surface area contributed by atoms with Gasteiger partial charge in [-0.25, -0.2) is 4.39 Å². The first-order valence-corrected chi connectivity index (χ1v) is 5.96. The monoisotopic (exact) mass is 274 g/mol. The third kappa shape index (κ3) is 3.58. The summed E-state index contributed by atoms with van der Waals surface area (Å²) in [6.45, 7) is 4.03. The van der Waals surface area contributed by atoms with Gasteiger partial charge < -0.3 is 5.11 Å². The summed E-state index contributed by atoms with van der Waals surface area (Å²) in [6.07, 6.45) is 1.01. The molecule has 1 N–H and O–H groups in total. The Morgan fingerprint density at radius 1 is 1.47 bits per heavy atom. The summed E-state index contributed by atoms with van der Waals surface area (Å²) in [5.41, 5.74) is 0.822. The van der Waals surface area contributed by atoms with E-state index < -0.39 is 6.10 Å². The summed E-state index contributed by atoms with van der Waals surface area (Å²) < 4.78 is 13.8. The minimum absolute atomic E-state index is 0.236.